The minimum atomic E-state index is -0.182. The minimum absolute atomic E-state index is 0.0948. The van der Waals surface area contributed by atoms with Crippen LogP contribution in [0.2, 0.25) is 5.02 Å². The van der Waals surface area contributed by atoms with E-state index in [2.05, 4.69) is 15.9 Å². The molecule has 0 aromatic heterocycles. The molecule has 0 atom stereocenters. The average Bonchev–Trinajstić information content (AvgIpc) is 2.36. The Morgan fingerprint density at radius 2 is 1.72 bits per heavy atom. The van der Waals surface area contributed by atoms with Gasteiger partial charge in [0.15, 0.2) is 0 Å². The van der Waals surface area contributed by atoms with E-state index in [0.717, 1.165) is 17.5 Å². The number of aromatic hydroxyl groups is 1. The Bertz CT molecular complexity index is 552. The number of aliphatic hydroxyl groups excluding tert-OH is 1. The van der Waals surface area contributed by atoms with Gasteiger partial charge in [0.25, 0.3) is 0 Å². The van der Waals surface area contributed by atoms with Crippen molar-refractivity contribution in [3.8, 4) is 5.75 Å². The number of hydrogen-bond acceptors (Lipinski definition) is 2. The van der Waals surface area contributed by atoms with Gasteiger partial charge >= 0.3 is 0 Å². The maximum Gasteiger partial charge on any atom is 0.135 e. The first-order valence-corrected chi connectivity index (χ1v) is 6.63. The summed E-state index contributed by atoms with van der Waals surface area (Å²) in [5.74, 6) is 0.0948. The number of rotatable bonds is 3. The van der Waals surface area contributed by atoms with Gasteiger partial charge in [0.2, 0.25) is 0 Å². The second kappa shape index (κ2) is 5.74. The highest BCUT2D eigenvalue weighted by atomic mass is 79.9. The van der Waals surface area contributed by atoms with Crippen LogP contribution in [0.4, 0.5) is 0 Å². The van der Waals surface area contributed by atoms with Gasteiger partial charge in [0.1, 0.15) is 5.75 Å². The molecule has 2 aromatic rings. The highest BCUT2D eigenvalue weighted by Crippen LogP contribution is 2.30. The molecule has 0 spiro atoms. The van der Waals surface area contributed by atoms with Crippen molar-refractivity contribution in [2.45, 2.75) is 13.0 Å². The molecular weight excluding hydrogens is 316 g/mol. The van der Waals surface area contributed by atoms with E-state index in [9.17, 15) is 10.2 Å². The van der Waals surface area contributed by atoms with Crippen molar-refractivity contribution in [2.75, 3.05) is 0 Å². The van der Waals surface area contributed by atoms with Crippen LogP contribution in [0, 0.1) is 0 Å². The Morgan fingerprint density at radius 3 is 2.33 bits per heavy atom. The zero-order valence-corrected chi connectivity index (χ0v) is 11.9. The second-order valence-corrected chi connectivity index (χ2v) is 5.34. The van der Waals surface area contributed by atoms with Crippen LogP contribution in [-0.4, -0.2) is 10.2 Å². The van der Waals surface area contributed by atoms with Gasteiger partial charge in [-0.15, -0.1) is 0 Å². The van der Waals surface area contributed by atoms with Crippen LogP contribution in [0.5, 0.6) is 5.75 Å². The molecular formula is C14H12BrClO2. The Morgan fingerprint density at radius 1 is 1.06 bits per heavy atom. The smallest absolute Gasteiger partial charge is 0.135 e. The molecule has 94 valence electrons. The predicted octanol–water partition coefficient (Wildman–Crippen LogP) is 3.89. The van der Waals surface area contributed by atoms with Crippen molar-refractivity contribution < 1.29 is 10.2 Å². The fraction of sp³-hybridized carbons (Fsp3) is 0.143. The lowest BCUT2D eigenvalue weighted by Gasteiger charge is -2.08. The van der Waals surface area contributed by atoms with Crippen LogP contribution < -0.4 is 0 Å². The lowest BCUT2D eigenvalue weighted by molar-refractivity contribution is 0.275. The van der Waals surface area contributed by atoms with Crippen molar-refractivity contribution >= 4 is 27.5 Å². The summed E-state index contributed by atoms with van der Waals surface area (Å²) in [7, 11) is 0. The highest BCUT2D eigenvalue weighted by molar-refractivity contribution is 9.10. The number of halogens is 2. The van der Waals surface area contributed by atoms with Gasteiger partial charge in [0.05, 0.1) is 11.1 Å². The van der Waals surface area contributed by atoms with Crippen molar-refractivity contribution in [1.29, 1.82) is 0 Å². The molecule has 0 fully saturated rings. The van der Waals surface area contributed by atoms with Gasteiger partial charge in [0, 0.05) is 10.6 Å². The van der Waals surface area contributed by atoms with Gasteiger partial charge < -0.3 is 10.2 Å². The molecule has 0 heterocycles. The van der Waals surface area contributed by atoms with Crippen LogP contribution in [0.3, 0.4) is 0 Å². The highest BCUT2D eigenvalue weighted by Gasteiger charge is 2.08. The lowest BCUT2D eigenvalue weighted by atomic mass is 10.0. The summed E-state index contributed by atoms with van der Waals surface area (Å²) in [6.45, 7) is -0.182. The quantitative estimate of drug-likeness (QED) is 0.898. The molecule has 0 aliphatic rings. The van der Waals surface area contributed by atoms with E-state index in [4.69, 9.17) is 11.6 Å². The van der Waals surface area contributed by atoms with E-state index < -0.39 is 0 Å². The van der Waals surface area contributed by atoms with Crippen LogP contribution in [-0.2, 0) is 13.0 Å². The minimum Gasteiger partial charge on any atom is -0.506 e. The molecule has 0 bridgehead atoms. The van der Waals surface area contributed by atoms with Gasteiger partial charge in [-0.3, -0.25) is 0 Å². The summed E-state index contributed by atoms with van der Waals surface area (Å²) in [6.07, 6.45) is 0.725. The summed E-state index contributed by atoms with van der Waals surface area (Å²) < 4.78 is 0.595. The standard InChI is InChI=1S/C14H12BrClO2/c15-13-7-10(6-11(8-17)14(13)18)5-9-1-3-12(16)4-2-9/h1-4,6-7,17-18H,5,8H2. The molecule has 4 heteroatoms. The molecule has 2 N–H and O–H groups in total. The van der Waals surface area contributed by atoms with E-state index in [-0.39, 0.29) is 12.4 Å². The Balaban J connectivity index is 2.29. The summed E-state index contributed by atoms with van der Waals surface area (Å²) >= 11 is 9.12. The summed E-state index contributed by atoms with van der Waals surface area (Å²) in [5, 5.41) is 19.6. The second-order valence-electron chi connectivity index (χ2n) is 4.05. The lowest BCUT2D eigenvalue weighted by Crippen LogP contribution is -1.93. The fourth-order valence-electron chi connectivity index (χ4n) is 1.78. The van der Waals surface area contributed by atoms with Crippen molar-refractivity contribution in [1.82, 2.24) is 0 Å². The molecule has 18 heavy (non-hydrogen) atoms. The van der Waals surface area contributed by atoms with Crippen molar-refractivity contribution in [2.24, 2.45) is 0 Å². The normalized spacial score (nSPS) is 10.6. The van der Waals surface area contributed by atoms with Gasteiger partial charge in [-0.25, -0.2) is 0 Å². The molecule has 0 aliphatic heterocycles. The molecule has 0 saturated heterocycles. The SMILES string of the molecule is OCc1cc(Cc2ccc(Cl)cc2)cc(Br)c1O. The monoisotopic (exact) mass is 326 g/mol. The molecule has 0 unspecified atom stereocenters. The molecule has 2 rings (SSSR count). The molecule has 2 aromatic carbocycles. The number of benzene rings is 2. The first kappa shape index (κ1) is 13.4. The van der Waals surface area contributed by atoms with Gasteiger partial charge in [-0.1, -0.05) is 23.7 Å². The third kappa shape index (κ3) is 3.05. The maximum atomic E-state index is 9.70. The third-order valence-electron chi connectivity index (χ3n) is 2.69. The van der Waals surface area contributed by atoms with Crippen molar-refractivity contribution in [3.63, 3.8) is 0 Å². The summed E-state index contributed by atoms with van der Waals surface area (Å²) in [4.78, 5) is 0. The topological polar surface area (TPSA) is 40.5 Å². The zero-order valence-electron chi connectivity index (χ0n) is 9.53. The largest absolute Gasteiger partial charge is 0.506 e. The van der Waals surface area contributed by atoms with E-state index in [1.165, 1.54) is 0 Å². The van der Waals surface area contributed by atoms with Gasteiger partial charge in [-0.05, 0) is 57.7 Å². The Labute approximate surface area is 119 Å². The van der Waals surface area contributed by atoms with Crippen LogP contribution in [0.15, 0.2) is 40.9 Å². The van der Waals surface area contributed by atoms with Crippen LogP contribution in [0.1, 0.15) is 16.7 Å². The fourth-order valence-corrected chi connectivity index (χ4v) is 2.45. The molecule has 0 aliphatic carbocycles. The van der Waals surface area contributed by atoms with E-state index in [1.54, 1.807) is 6.07 Å². The molecule has 0 saturated carbocycles. The number of phenols is 1. The third-order valence-corrected chi connectivity index (χ3v) is 3.55. The molecule has 0 amide bonds. The van der Waals surface area contributed by atoms with E-state index in [0.29, 0.717) is 15.1 Å². The van der Waals surface area contributed by atoms with Gasteiger partial charge in [-0.2, -0.15) is 0 Å². The summed E-state index contributed by atoms with van der Waals surface area (Å²) in [6, 6.07) is 11.3. The van der Waals surface area contributed by atoms with E-state index in [1.807, 2.05) is 30.3 Å². The molecule has 0 radical (unpaired) electrons. The molecule has 2 nitrogen and oxygen atoms in total. The first-order valence-electron chi connectivity index (χ1n) is 5.45. The number of aliphatic hydroxyl groups is 1. The average molecular weight is 328 g/mol. The summed E-state index contributed by atoms with van der Waals surface area (Å²) in [5.41, 5.74) is 2.67. The zero-order chi connectivity index (χ0) is 13.1. The Kier molecular flexibility index (Phi) is 4.27. The van der Waals surface area contributed by atoms with E-state index >= 15 is 0 Å². The number of hydrogen-bond donors (Lipinski definition) is 2. The first-order chi connectivity index (χ1) is 8.60. The van der Waals surface area contributed by atoms with Crippen LogP contribution >= 0.6 is 27.5 Å². The van der Waals surface area contributed by atoms with Crippen molar-refractivity contribution in [3.05, 3.63) is 62.6 Å². The predicted molar refractivity (Wildman–Crippen MR) is 76.0 cm³/mol. The van der Waals surface area contributed by atoms with Crippen LogP contribution in [0.25, 0.3) is 0 Å². The Hall–Kier alpha value is -1.03. The maximum absolute atomic E-state index is 9.70.